The second-order valence-corrected chi connectivity index (χ2v) is 5.54. The maximum atomic E-state index is 12.3. The number of thioether (sulfide) groups is 1. The van der Waals surface area contributed by atoms with Gasteiger partial charge in [0.1, 0.15) is 0 Å². The Balaban J connectivity index is 2.11. The van der Waals surface area contributed by atoms with E-state index >= 15 is 0 Å². The second kappa shape index (κ2) is 5.61. The molecule has 3 rings (SSSR count). The van der Waals surface area contributed by atoms with E-state index in [9.17, 15) is 9.59 Å². The molecular formula is C16H13NO3S. The van der Waals surface area contributed by atoms with Crippen LogP contribution in [0.3, 0.4) is 0 Å². The van der Waals surface area contributed by atoms with Gasteiger partial charge in [-0.25, -0.2) is 4.79 Å². The van der Waals surface area contributed by atoms with E-state index in [1.54, 1.807) is 17.0 Å². The molecule has 0 atom stereocenters. The molecule has 0 aliphatic carbocycles. The number of amides is 1. The van der Waals surface area contributed by atoms with Crippen LogP contribution >= 0.6 is 11.8 Å². The highest BCUT2D eigenvalue weighted by molar-refractivity contribution is 8.00. The van der Waals surface area contributed by atoms with Gasteiger partial charge in [0, 0.05) is 10.6 Å². The minimum Gasteiger partial charge on any atom is -0.465 e. The van der Waals surface area contributed by atoms with Crippen LogP contribution in [0.4, 0.5) is 11.4 Å². The van der Waals surface area contributed by atoms with Crippen molar-refractivity contribution >= 4 is 35.0 Å². The monoisotopic (exact) mass is 299 g/mol. The summed E-state index contributed by atoms with van der Waals surface area (Å²) >= 11 is 1.48. The fourth-order valence-electron chi connectivity index (χ4n) is 2.26. The first-order chi connectivity index (χ1) is 10.2. The first-order valence-corrected chi connectivity index (χ1v) is 7.42. The van der Waals surface area contributed by atoms with Gasteiger partial charge in [0.2, 0.25) is 5.91 Å². The summed E-state index contributed by atoms with van der Waals surface area (Å²) in [6, 6.07) is 14.7. The molecule has 0 saturated carbocycles. The summed E-state index contributed by atoms with van der Waals surface area (Å²) in [4.78, 5) is 26.6. The molecule has 0 spiro atoms. The van der Waals surface area contributed by atoms with Crippen molar-refractivity contribution in [3.63, 3.8) is 0 Å². The topological polar surface area (TPSA) is 46.6 Å². The van der Waals surface area contributed by atoms with E-state index in [4.69, 9.17) is 4.74 Å². The molecule has 5 heteroatoms. The summed E-state index contributed by atoms with van der Waals surface area (Å²) in [5.74, 6) is -0.0195. The van der Waals surface area contributed by atoms with Crippen LogP contribution in [0.25, 0.3) is 0 Å². The largest absolute Gasteiger partial charge is 0.465 e. The standard InChI is InChI=1S/C16H13NO3S/c1-20-16(19)11-7-8-14-13(9-11)17(15(18)10-21-14)12-5-3-2-4-6-12/h2-9H,10H2,1H3. The third-order valence-corrected chi connectivity index (χ3v) is 4.28. The number of carbonyl (C=O) groups is 2. The molecule has 2 aromatic carbocycles. The molecule has 1 aliphatic rings. The fourth-order valence-corrected chi connectivity index (χ4v) is 3.13. The summed E-state index contributed by atoms with van der Waals surface area (Å²) < 4.78 is 4.75. The summed E-state index contributed by atoms with van der Waals surface area (Å²) in [6.45, 7) is 0. The van der Waals surface area contributed by atoms with Gasteiger partial charge in [0.05, 0.1) is 24.1 Å². The number of carbonyl (C=O) groups excluding carboxylic acids is 2. The highest BCUT2D eigenvalue weighted by atomic mass is 32.2. The quantitative estimate of drug-likeness (QED) is 0.799. The number of benzene rings is 2. The Morgan fingerprint density at radius 1 is 1.19 bits per heavy atom. The molecule has 0 aromatic heterocycles. The van der Waals surface area contributed by atoms with Crippen molar-refractivity contribution in [1.29, 1.82) is 0 Å². The molecule has 21 heavy (non-hydrogen) atoms. The predicted octanol–water partition coefficient (Wildman–Crippen LogP) is 3.24. The number of ether oxygens (including phenoxy) is 1. The molecule has 0 unspecified atom stereocenters. The van der Waals surface area contributed by atoms with Crippen LogP contribution in [0.15, 0.2) is 53.4 Å². The fraction of sp³-hybridized carbons (Fsp3) is 0.125. The lowest BCUT2D eigenvalue weighted by Crippen LogP contribution is -2.31. The zero-order valence-electron chi connectivity index (χ0n) is 11.4. The number of hydrogen-bond acceptors (Lipinski definition) is 4. The van der Waals surface area contributed by atoms with Crippen molar-refractivity contribution in [3.05, 3.63) is 54.1 Å². The molecule has 2 aromatic rings. The van der Waals surface area contributed by atoms with E-state index in [0.29, 0.717) is 11.3 Å². The van der Waals surface area contributed by atoms with Crippen LogP contribution in [-0.2, 0) is 9.53 Å². The van der Waals surface area contributed by atoms with E-state index in [0.717, 1.165) is 16.3 Å². The number of anilines is 2. The zero-order chi connectivity index (χ0) is 14.8. The first-order valence-electron chi connectivity index (χ1n) is 6.44. The molecule has 1 amide bonds. The maximum absolute atomic E-state index is 12.3. The molecule has 1 heterocycles. The van der Waals surface area contributed by atoms with E-state index in [-0.39, 0.29) is 5.91 Å². The normalized spacial score (nSPS) is 13.8. The Morgan fingerprint density at radius 2 is 1.95 bits per heavy atom. The van der Waals surface area contributed by atoms with Gasteiger partial charge in [0.25, 0.3) is 0 Å². The van der Waals surface area contributed by atoms with Crippen molar-refractivity contribution in [2.45, 2.75) is 4.90 Å². The molecule has 0 bridgehead atoms. The number of methoxy groups -OCH3 is 1. The van der Waals surface area contributed by atoms with Crippen LogP contribution in [0.5, 0.6) is 0 Å². The van der Waals surface area contributed by atoms with Gasteiger partial charge >= 0.3 is 5.97 Å². The average Bonchev–Trinajstić information content (AvgIpc) is 2.54. The number of hydrogen-bond donors (Lipinski definition) is 0. The predicted molar refractivity (Wildman–Crippen MR) is 82.1 cm³/mol. The first kappa shape index (κ1) is 13.7. The van der Waals surface area contributed by atoms with Crippen LogP contribution < -0.4 is 4.90 Å². The van der Waals surface area contributed by atoms with Crippen molar-refractivity contribution in [3.8, 4) is 0 Å². The smallest absolute Gasteiger partial charge is 0.337 e. The van der Waals surface area contributed by atoms with E-state index in [1.165, 1.54) is 18.9 Å². The number of para-hydroxylation sites is 1. The minimum atomic E-state index is -0.408. The van der Waals surface area contributed by atoms with Crippen LogP contribution in [0.2, 0.25) is 0 Å². The molecule has 0 N–H and O–H groups in total. The SMILES string of the molecule is COC(=O)c1ccc2c(c1)N(c1ccccc1)C(=O)CS2. The molecule has 0 radical (unpaired) electrons. The van der Waals surface area contributed by atoms with Crippen LogP contribution in [0, 0.1) is 0 Å². The Labute approximate surface area is 126 Å². The minimum absolute atomic E-state index is 0.000663. The van der Waals surface area contributed by atoms with Gasteiger partial charge in [-0.05, 0) is 30.3 Å². The molecule has 0 fully saturated rings. The zero-order valence-corrected chi connectivity index (χ0v) is 12.2. The molecule has 106 valence electrons. The second-order valence-electron chi connectivity index (χ2n) is 4.53. The Hall–Kier alpha value is -2.27. The summed E-state index contributed by atoms with van der Waals surface area (Å²) in [5.41, 5.74) is 1.96. The number of esters is 1. The van der Waals surface area contributed by atoms with E-state index in [1.807, 2.05) is 36.4 Å². The lowest BCUT2D eigenvalue weighted by Gasteiger charge is -2.29. The van der Waals surface area contributed by atoms with Gasteiger partial charge in [-0.1, -0.05) is 18.2 Å². The van der Waals surface area contributed by atoms with Gasteiger partial charge in [-0.3, -0.25) is 9.69 Å². The van der Waals surface area contributed by atoms with Crippen molar-refractivity contribution in [1.82, 2.24) is 0 Å². The molecule has 0 saturated heterocycles. The average molecular weight is 299 g/mol. The summed E-state index contributed by atoms with van der Waals surface area (Å²) in [7, 11) is 1.34. The van der Waals surface area contributed by atoms with Gasteiger partial charge in [-0.15, -0.1) is 11.8 Å². The van der Waals surface area contributed by atoms with E-state index in [2.05, 4.69) is 0 Å². The third-order valence-electron chi connectivity index (χ3n) is 3.24. The van der Waals surface area contributed by atoms with Crippen molar-refractivity contribution < 1.29 is 14.3 Å². The van der Waals surface area contributed by atoms with Crippen LogP contribution in [-0.4, -0.2) is 24.7 Å². The van der Waals surface area contributed by atoms with Gasteiger partial charge < -0.3 is 4.74 Å². The third kappa shape index (κ3) is 2.52. The number of nitrogens with zero attached hydrogens (tertiary/aromatic N) is 1. The highest BCUT2D eigenvalue weighted by Gasteiger charge is 2.27. The molecular weight excluding hydrogens is 286 g/mol. The highest BCUT2D eigenvalue weighted by Crippen LogP contribution is 2.40. The van der Waals surface area contributed by atoms with Crippen LogP contribution in [0.1, 0.15) is 10.4 Å². The summed E-state index contributed by atoms with van der Waals surface area (Å²) in [6.07, 6.45) is 0. The van der Waals surface area contributed by atoms with Crippen molar-refractivity contribution in [2.24, 2.45) is 0 Å². The maximum Gasteiger partial charge on any atom is 0.337 e. The molecule has 4 nitrogen and oxygen atoms in total. The van der Waals surface area contributed by atoms with E-state index < -0.39 is 5.97 Å². The molecule has 1 aliphatic heterocycles. The van der Waals surface area contributed by atoms with Gasteiger partial charge in [0.15, 0.2) is 0 Å². The lowest BCUT2D eigenvalue weighted by molar-refractivity contribution is -0.115. The lowest BCUT2D eigenvalue weighted by atomic mass is 10.1. The number of fused-ring (bicyclic) bond motifs is 1. The Kier molecular flexibility index (Phi) is 3.66. The summed E-state index contributed by atoms with van der Waals surface area (Å²) in [5, 5.41) is 0. The Bertz CT molecular complexity index is 700. The Morgan fingerprint density at radius 3 is 2.67 bits per heavy atom. The van der Waals surface area contributed by atoms with Crippen molar-refractivity contribution in [2.75, 3.05) is 17.8 Å². The van der Waals surface area contributed by atoms with Gasteiger partial charge in [-0.2, -0.15) is 0 Å². The number of rotatable bonds is 2.